The molecule has 0 N–H and O–H groups in total. The van der Waals surface area contributed by atoms with Crippen LogP contribution in [0.5, 0.6) is 0 Å². The van der Waals surface area contributed by atoms with Crippen molar-refractivity contribution in [1.82, 2.24) is 0 Å². The maximum Gasteiger partial charge on any atom is 0.330 e. The van der Waals surface area contributed by atoms with Crippen LogP contribution in [0.4, 0.5) is 0 Å². The average Bonchev–Trinajstić information content (AvgIpc) is 2.26. The zero-order chi connectivity index (χ0) is 8.81. The number of hydrogen-bond acceptors (Lipinski definition) is 2. The Morgan fingerprint density at radius 3 is 3.25 bits per heavy atom. The molecule has 0 saturated carbocycles. The Bertz CT molecular complexity index is 173. The normalized spacial score (nSPS) is 23.4. The van der Waals surface area contributed by atoms with E-state index in [1.54, 1.807) is 0 Å². The smallest absolute Gasteiger partial charge is 0.330 e. The SMILES string of the molecule is CCCCC1CCC=CC(=O)O1. The van der Waals surface area contributed by atoms with Crippen LogP contribution in [-0.4, -0.2) is 12.1 Å². The van der Waals surface area contributed by atoms with Gasteiger partial charge in [-0.1, -0.05) is 25.8 Å². The summed E-state index contributed by atoms with van der Waals surface area (Å²) in [6.45, 7) is 2.15. The van der Waals surface area contributed by atoms with E-state index in [0.29, 0.717) is 0 Å². The van der Waals surface area contributed by atoms with Crippen molar-refractivity contribution < 1.29 is 9.53 Å². The molecule has 0 fully saturated rings. The van der Waals surface area contributed by atoms with Crippen molar-refractivity contribution in [3.8, 4) is 0 Å². The van der Waals surface area contributed by atoms with Crippen LogP contribution in [0.15, 0.2) is 12.2 Å². The van der Waals surface area contributed by atoms with Gasteiger partial charge in [-0.15, -0.1) is 0 Å². The van der Waals surface area contributed by atoms with Crippen molar-refractivity contribution in [2.24, 2.45) is 0 Å². The molecule has 0 aromatic rings. The minimum absolute atomic E-state index is 0.160. The van der Waals surface area contributed by atoms with Crippen LogP contribution in [0, 0.1) is 0 Å². The summed E-state index contributed by atoms with van der Waals surface area (Å²) in [5.74, 6) is -0.173. The third kappa shape index (κ3) is 3.07. The van der Waals surface area contributed by atoms with E-state index in [1.165, 1.54) is 12.5 Å². The number of carbonyl (C=O) groups is 1. The first-order valence-electron chi connectivity index (χ1n) is 4.70. The fraction of sp³-hybridized carbons (Fsp3) is 0.700. The van der Waals surface area contributed by atoms with Crippen LogP contribution >= 0.6 is 0 Å². The van der Waals surface area contributed by atoms with Crippen molar-refractivity contribution in [3.05, 3.63) is 12.2 Å². The molecule has 0 aromatic heterocycles. The topological polar surface area (TPSA) is 26.3 Å². The summed E-state index contributed by atoms with van der Waals surface area (Å²) in [5, 5.41) is 0. The molecule has 68 valence electrons. The van der Waals surface area contributed by atoms with Crippen LogP contribution in [0.3, 0.4) is 0 Å². The average molecular weight is 168 g/mol. The van der Waals surface area contributed by atoms with Gasteiger partial charge in [0.15, 0.2) is 0 Å². The summed E-state index contributed by atoms with van der Waals surface area (Å²) < 4.78 is 5.19. The fourth-order valence-corrected chi connectivity index (χ4v) is 1.36. The van der Waals surface area contributed by atoms with Crippen molar-refractivity contribution >= 4 is 5.97 Å². The third-order valence-electron chi connectivity index (χ3n) is 2.07. The lowest BCUT2D eigenvalue weighted by atomic mass is 10.1. The predicted molar refractivity (Wildman–Crippen MR) is 47.8 cm³/mol. The number of ether oxygens (including phenoxy) is 1. The molecule has 0 spiro atoms. The number of esters is 1. The quantitative estimate of drug-likeness (QED) is 0.605. The Balaban J connectivity index is 2.30. The number of allylic oxidation sites excluding steroid dienone is 1. The first-order chi connectivity index (χ1) is 5.83. The molecule has 0 radical (unpaired) electrons. The second-order valence-corrected chi connectivity index (χ2v) is 3.18. The van der Waals surface area contributed by atoms with Gasteiger partial charge in [-0.3, -0.25) is 0 Å². The molecular weight excluding hydrogens is 152 g/mol. The second-order valence-electron chi connectivity index (χ2n) is 3.18. The lowest BCUT2D eigenvalue weighted by molar-refractivity contribution is -0.143. The number of hydrogen-bond donors (Lipinski definition) is 0. The van der Waals surface area contributed by atoms with Crippen molar-refractivity contribution in [1.29, 1.82) is 0 Å². The van der Waals surface area contributed by atoms with Gasteiger partial charge in [-0.2, -0.15) is 0 Å². The molecule has 1 aliphatic rings. The molecule has 2 nitrogen and oxygen atoms in total. The van der Waals surface area contributed by atoms with Gasteiger partial charge in [-0.05, 0) is 19.3 Å². The van der Waals surface area contributed by atoms with Gasteiger partial charge in [0.05, 0.1) is 0 Å². The fourth-order valence-electron chi connectivity index (χ4n) is 1.36. The van der Waals surface area contributed by atoms with E-state index < -0.39 is 0 Å². The molecule has 2 heteroatoms. The monoisotopic (exact) mass is 168 g/mol. The Hall–Kier alpha value is -0.790. The Kier molecular flexibility index (Phi) is 3.85. The van der Waals surface area contributed by atoms with Gasteiger partial charge in [0, 0.05) is 6.08 Å². The third-order valence-corrected chi connectivity index (χ3v) is 2.07. The first-order valence-corrected chi connectivity index (χ1v) is 4.70. The number of carbonyl (C=O) groups excluding carboxylic acids is 1. The minimum Gasteiger partial charge on any atom is -0.459 e. The molecule has 1 heterocycles. The summed E-state index contributed by atoms with van der Waals surface area (Å²) in [7, 11) is 0. The first kappa shape index (κ1) is 9.30. The zero-order valence-corrected chi connectivity index (χ0v) is 7.58. The van der Waals surface area contributed by atoms with E-state index >= 15 is 0 Å². The molecule has 1 aliphatic heterocycles. The van der Waals surface area contributed by atoms with Crippen LogP contribution in [0.2, 0.25) is 0 Å². The van der Waals surface area contributed by atoms with Crippen molar-refractivity contribution in [2.75, 3.05) is 0 Å². The lowest BCUT2D eigenvalue weighted by Gasteiger charge is -2.13. The van der Waals surface area contributed by atoms with Crippen LogP contribution in [0.1, 0.15) is 39.0 Å². The predicted octanol–water partition coefficient (Wildman–Crippen LogP) is 2.44. The van der Waals surface area contributed by atoms with E-state index in [1.807, 2.05) is 6.08 Å². The van der Waals surface area contributed by atoms with E-state index in [-0.39, 0.29) is 12.1 Å². The van der Waals surface area contributed by atoms with Crippen molar-refractivity contribution in [2.45, 2.75) is 45.1 Å². The van der Waals surface area contributed by atoms with Gasteiger partial charge >= 0.3 is 5.97 Å². The van der Waals surface area contributed by atoms with Crippen LogP contribution < -0.4 is 0 Å². The zero-order valence-electron chi connectivity index (χ0n) is 7.58. The highest BCUT2D eigenvalue weighted by Gasteiger charge is 2.13. The number of rotatable bonds is 3. The molecule has 0 saturated heterocycles. The standard InChI is InChI=1S/C10H16O2/c1-2-3-6-9-7-4-5-8-10(11)12-9/h5,8-9H,2-4,6-7H2,1H3. The Morgan fingerprint density at radius 2 is 2.50 bits per heavy atom. The molecule has 1 unspecified atom stereocenters. The molecule has 0 aromatic carbocycles. The lowest BCUT2D eigenvalue weighted by Crippen LogP contribution is -2.14. The number of unbranched alkanes of at least 4 members (excludes halogenated alkanes) is 1. The molecule has 1 rings (SSSR count). The molecule has 0 amide bonds. The summed E-state index contributed by atoms with van der Waals surface area (Å²) in [6, 6.07) is 0. The highest BCUT2D eigenvalue weighted by molar-refractivity contribution is 5.82. The van der Waals surface area contributed by atoms with E-state index in [4.69, 9.17) is 4.74 Å². The Morgan fingerprint density at radius 1 is 1.67 bits per heavy atom. The van der Waals surface area contributed by atoms with E-state index in [2.05, 4.69) is 6.92 Å². The highest BCUT2D eigenvalue weighted by Crippen LogP contribution is 2.14. The maximum absolute atomic E-state index is 10.9. The minimum atomic E-state index is -0.173. The van der Waals surface area contributed by atoms with Gasteiger partial charge in [0.25, 0.3) is 0 Å². The molecule has 0 bridgehead atoms. The molecular formula is C10H16O2. The van der Waals surface area contributed by atoms with E-state index in [0.717, 1.165) is 25.7 Å². The maximum atomic E-state index is 10.9. The Labute approximate surface area is 73.6 Å². The van der Waals surface area contributed by atoms with Crippen molar-refractivity contribution in [3.63, 3.8) is 0 Å². The molecule has 1 atom stereocenters. The van der Waals surface area contributed by atoms with Gasteiger partial charge in [0.2, 0.25) is 0 Å². The largest absolute Gasteiger partial charge is 0.459 e. The second kappa shape index (κ2) is 4.96. The van der Waals surface area contributed by atoms with Crippen LogP contribution in [0.25, 0.3) is 0 Å². The summed E-state index contributed by atoms with van der Waals surface area (Å²) in [6.07, 6.45) is 8.89. The summed E-state index contributed by atoms with van der Waals surface area (Å²) in [4.78, 5) is 10.9. The van der Waals surface area contributed by atoms with Crippen LogP contribution in [-0.2, 0) is 9.53 Å². The van der Waals surface area contributed by atoms with E-state index in [9.17, 15) is 4.79 Å². The molecule has 0 aliphatic carbocycles. The summed E-state index contributed by atoms with van der Waals surface area (Å²) >= 11 is 0. The molecule has 12 heavy (non-hydrogen) atoms. The van der Waals surface area contributed by atoms with Gasteiger partial charge in [-0.25, -0.2) is 4.79 Å². The van der Waals surface area contributed by atoms with Gasteiger partial charge in [0.1, 0.15) is 6.10 Å². The highest BCUT2D eigenvalue weighted by atomic mass is 16.5. The summed E-state index contributed by atoms with van der Waals surface area (Å²) in [5.41, 5.74) is 0. The van der Waals surface area contributed by atoms with Gasteiger partial charge < -0.3 is 4.74 Å². The number of cyclic esters (lactones) is 1.